The highest BCUT2D eigenvalue weighted by atomic mass is 16.5. The van der Waals surface area contributed by atoms with Crippen LogP contribution < -0.4 is 10.1 Å². The predicted octanol–water partition coefficient (Wildman–Crippen LogP) is 2.27. The lowest BCUT2D eigenvalue weighted by molar-refractivity contribution is -0.0714. The fourth-order valence-corrected chi connectivity index (χ4v) is 3.41. The normalized spacial score (nSPS) is 25.1. The van der Waals surface area contributed by atoms with E-state index < -0.39 is 0 Å². The Morgan fingerprint density at radius 3 is 2.84 bits per heavy atom. The maximum absolute atomic E-state index is 5.58. The van der Waals surface area contributed by atoms with E-state index in [0.717, 1.165) is 38.0 Å². The van der Waals surface area contributed by atoms with Crippen molar-refractivity contribution in [1.82, 2.24) is 5.32 Å². The first kappa shape index (κ1) is 12.9. The Labute approximate surface area is 115 Å². The Morgan fingerprint density at radius 1 is 1.42 bits per heavy atom. The first-order chi connectivity index (χ1) is 9.23. The summed E-state index contributed by atoms with van der Waals surface area (Å²) in [5.74, 6) is 1.79. The number of ether oxygens (including phenoxy) is 2. The zero-order chi connectivity index (χ0) is 13.3. The fraction of sp³-hybridized carbons (Fsp3) is 0.625. The summed E-state index contributed by atoms with van der Waals surface area (Å²) in [7, 11) is 1.76. The molecule has 104 valence electrons. The van der Waals surface area contributed by atoms with Crippen LogP contribution in [0.1, 0.15) is 24.0 Å². The molecule has 0 spiro atoms. The first-order valence-corrected chi connectivity index (χ1v) is 7.17. The van der Waals surface area contributed by atoms with E-state index in [2.05, 4.69) is 30.4 Å². The van der Waals surface area contributed by atoms with Gasteiger partial charge in [-0.1, -0.05) is 17.7 Å². The van der Waals surface area contributed by atoms with Crippen LogP contribution in [0.5, 0.6) is 5.75 Å². The number of nitrogens with one attached hydrogen (secondary N) is 1. The zero-order valence-electron chi connectivity index (χ0n) is 11.9. The van der Waals surface area contributed by atoms with Crippen molar-refractivity contribution >= 4 is 0 Å². The summed E-state index contributed by atoms with van der Waals surface area (Å²) in [6.45, 7) is 6.13. The van der Waals surface area contributed by atoms with Crippen molar-refractivity contribution in [3.8, 4) is 5.75 Å². The van der Waals surface area contributed by atoms with Crippen LogP contribution in [-0.4, -0.2) is 33.4 Å². The molecule has 0 radical (unpaired) electrons. The molecule has 1 N–H and O–H groups in total. The molecule has 3 heteroatoms. The minimum Gasteiger partial charge on any atom is -0.496 e. The molecule has 1 aromatic rings. The van der Waals surface area contributed by atoms with Gasteiger partial charge in [-0.05, 0) is 44.8 Å². The van der Waals surface area contributed by atoms with Crippen molar-refractivity contribution in [2.75, 3.05) is 33.4 Å². The molecule has 2 heterocycles. The molecule has 0 aromatic heterocycles. The summed E-state index contributed by atoms with van der Waals surface area (Å²) >= 11 is 0. The van der Waals surface area contributed by atoms with E-state index >= 15 is 0 Å². The molecule has 0 amide bonds. The van der Waals surface area contributed by atoms with E-state index in [1.807, 2.05) is 0 Å². The van der Waals surface area contributed by atoms with Gasteiger partial charge in [-0.2, -0.15) is 0 Å². The topological polar surface area (TPSA) is 30.5 Å². The van der Waals surface area contributed by atoms with E-state index in [4.69, 9.17) is 9.47 Å². The first-order valence-electron chi connectivity index (χ1n) is 7.17. The lowest BCUT2D eigenvalue weighted by Gasteiger charge is -2.44. The Bertz CT molecular complexity index is 448. The van der Waals surface area contributed by atoms with Gasteiger partial charge in [-0.3, -0.25) is 0 Å². The second kappa shape index (κ2) is 5.14. The van der Waals surface area contributed by atoms with Gasteiger partial charge >= 0.3 is 0 Å². The van der Waals surface area contributed by atoms with Crippen molar-refractivity contribution in [3.63, 3.8) is 0 Å². The second-order valence-corrected chi connectivity index (χ2v) is 6.04. The Morgan fingerprint density at radius 2 is 2.26 bits per heavy atom. The lowest BCUT2D eigenvalue weighted by Crippen LogP contribution is -2.48. The maximum Gasteiger partial charge on any atom is 0.122 e. The average molecular weight is 261 g/mol. The minimum absolute atomic E-state index is 0.175. The summed E-state index contributed by atoms with van der Waals surface area (Å²) in [6.07, 6.45) is 2.50. The molecule has 19 heavy (non-hydrogen) atoms. The van der Waals surface area contributed by atoms with Crippen LogP contribution in [0, 0.1) is 12.8 Å². The summed E-state index contributed by atoms with van der Waals surface area (Å²) in [5.41, 5.74) is 2.81. The summed E-state index contributed by atoms with van der Waals surface area (Å²) in [5, 5.41) is 3.46. The molecule has 3 nitrogen and oxygen atoms in total. The molecule has 1 unspecified atom stereocenters. The standard InChI is InChI=1S/C16H23NO2/c1-12-3-4-15(18-2)14(7-12)16(10-19-11-16)8-13-5-6-17-9-13/h3-4,7,13,17H,5-6,8-11H2,1-2H3. The molecule has 3 rings (SSSR count). The lowest BCUT2D eigenvalue weighted by atomic mass is 9.71. The molecular formula is C16H23NO2. The van der Waals surface area contributed by atoms with Crippen molar-refractivity contribution < 1.29 is 9.47 Å². The van der Waals surface area contributed by atoms with Crippen LogP contribution in [0.4, 0.5) is 0 Å². The third-order valence-corrected chi connectivity index (χ3v) is 4.52. The van der Waals surface area contributed by atoms with Gasteiger partial charge in [0.1, 0.15) is 5.75 Å². The van der Waals surface area contributed by atoms with Crippen molar-refractivity contribution in [3.05, 3.63) is 29.3 Å². The van der Waals surface area contributed by atoms with Crippen molar-refractivity contribution in [1.29, 1.82) is 0 Å². The smallest absolute Gasteiger partial charge is 0.122 e. The number of hydrogen-bond donors (Lipinski definition) is 1. The monoisotopic (exact) mass is 261 g/mol. The number of rotatable bonds is 4. The van der Waals surface area contributed by atoms with Crippen molar-refractivity contribution in [2.45, 2.75) is 25.2 Å². The molecule has 2 saturated heterocycles. The number of aryl methyl sites for hydroxylation is 1. The van der Waals surface area contributed by atoms with Crippen LogP contribution in [0.3, 0.4) is 0 Å². The van der Waals surface area contributed by atoms with Gasteiger partial charge in [0.05, 0.1) is 20.3 Å². The number of hydrogen-bond acceptors (Lipinski definition) is 3. The molecule has 1 aromatic carbocycles. The second-order valence-electron chi connectivity index (χ2n) is 6.04. The number of methoxy groups -OCH3 is 1. The molecule has 2 fully saturated rings. The van der Waals surface area contributed by atoms with Gasteiger partial charge in [-0.15, -0.1) is 0 Å². The highest BCUT2D eigenvalue weighted by molar-refractivity contribution is 5.44. The van der Waals surface area contributed by atoms with E-state index in [1.165, 1.54) is 24.0 Å². The van der Waals surface area contributed by atoms with Gasteiger partial charge in [0.2, 0.25) is 0 Å². The highest BCUT2D eigenvalue weighted by Crippen LogP contribution is 2.43. The summed E-state index contributed by atoms with van der Waals surface area (Å²) in [6, 6.07) is 6.49. The molecule has 0 saturated carbocycles. The van der Waals surface area contributed by atoms with E-state index in [0.29, 0.717) is 0 Å². The molecule has 2 aliphatic heterocycles. The quantitative estimate of drug-likeness (QED) is 0.902. The van der Waals surface area contributed by atoms with Crippen LogP contribution >= 0.6 is 0 Å². The average Bonchev–Trinajstić information content (AvgIpc) is 2.86. The largest absolute Gasteiger partial charge is 0.496 e. The molecule has 0 aliphatic carbocycles. The van der Waals surface area contributed by atoms with Gasteiger partial charge in [0, 0.05) is 11.0 Å². The molecular weight excluding hydrogens is 238 g/mol. The van der Waals surface area contributed by atoms with Gasteiger partial charge in [0.25, 0.3) is 0 Å². The van der Waals surface area contributed by atoms with Crippen LogP contribution in [0.2, 0.25) is 0 Å². The van der Waals surface area contributed by atoms with Gasteiger partial charge in [0.15, 0.2) is 0 Å². The van der Waals surface area contributed by atoms with Gasteiger partial charge < -0.3 is 14.8 Å². The number of benzene rings is 1. The van der Waals surface area contributed by atoms with Crippen LogP contribution in [-0.2, 0) is 10.2 Å². The van der Waals surface area contributed by atoms with Crippen LogP contribution in [0.15, 0.2) is 18.2 Å². The van der Waals surface area contributed by atoms with E-state index in [9.17, 15) is 0 Å². The van der Waals surface area contributed by atoms with Crippen molar-refractivity contribution in [2.24, 2.45) is 5.92 Å². The summed E-state index contributed by atoms with van der Waals surface area (Å²) < 4.78 is 11.1. The predicted molar refractivity (Wildman–Crippen MR) is 75.8 cm³/mol. The van der Waals surface area contributed by atoms with E-state index in [1.54, 1.807) is 7.11 Å². The molecule has 1 atom stereocenters. The third-order valence-electron chi connectivity index (χ3n) is 4.52. The Hall–Kier alpha value is -1.06. The fourth-order valence-electron chi connectivity index (χ4n) is 3.41. The molecule has 0 bridgehead atoms. The zero-order valence-corrected chi connectivity index (χ0v) is 11.9. The Balaban J connectivity index is 1.90. The van der Waals surface area contributed by atoms with Gasteiger partial charge in [-0.25, -0.2) is 0 Å². The maximum atomic E-state index is 5.58. The van der Waals surface area contributed by atoms with Crippen LogP contribution in [0.25, 0.3) is 0 Å². The summed E-state index contributed by atoms with van der Waals surface area (Å²) in [4.78, 5) is 0. The highest BCUT2D eigenvalue weighted by Gasteiger charge is 2.44. The minimum atomic E-state index is 0.175. The molecule has 2 aliphatic rings. The Kier molecular flexibility index (Phi) is 3.50. The van der Waals surface area contributed by atoms with E-state index in [-0.39, 0.29) is 5.41 Å². The SMILES string of the molecule is COc1ccc(C)cc1C1(CC2CCNC2)COC1. The third kappa shape index (κ3) is 2.37.